The molecule has 5 nitrogen and oxygen atoms in total. The van der Waals surface area contributed by atoms with Crippen LogP contribution in [0, 0.1) is 6.92 Å². The van der Waals surface area contributed by atoms with E-state index >= 15 is 0 Å². The van der Waals surface area contributed by atoms with Crippen LogP contribution in [0.4, 0.5) is 5.69 Å². The molecule has 0 fully saturated rings. The molecule has 0 radical (unpaired) electrons. The van der Waals surface area contributed by atoms with E-state index in [1.54, 1.807) is 11.3 Å². The van der Waals surface area contributed by atoms with E-state index in [0.29, 0.717) is 18.1 Å². The van der Waals surface area contributed by atoms with Crippen LogP contribution in [0.2, 0.25) is 0 Å². The summed E-state index contributed by atoms with van der Waals surface area (Å²) in [6.07, 6.45) is 1.51. The number of fused-ring (bicyclic) bond motifs is 1. The van der Waals surface area contributed by atoms with Gasteiger partial charge in [-0.15, -0.1) is 11.3 Å². The van der Waals surface area contributed by atoms with Crippen molar-refractivity contribution in [3.05, 3.63) is 57.6 Å². The minimum atomic E-state index is 0.0710. The van der Waals surface area contributed by atoms with E-state index in [1.807, 2.05) is 24.4 Å². The predicted molar refractivity (Wildman–Crippen MR) is 80.5 cm³/mol. The van der Waals surface area contributed by atoms with Gasteiger partial charge in [0.1, 0.15) is 11.0 Å². The van der Waals surface area contributed by atoms with Gasteiger partial charge in [0.25, 0.3) is 0 Å². The van der Waals surface area contributed by atoms with Crippen molar-refractivity contribution in [1.82, 2.24) is 15.1 Å². The van der Waals surface area contributed by atoms with Gasteiger partial charge in [0, 0.05) is 23.2 Å². The molecule has 1 aliphatic rings. The van der Waals surface area contributed by atoms with E-state index in [4.69, 9.17) is 4.52 Å². The number of benzene rings is 1. The molecule has 3 heterocycles. The third-order valence-corrected chi connectivity index (χ3v) is 4.50. The Bertz CT molecular complexity index is 754. The highest BCUT2D eigenvalue weighted by Crippen LogP contribution is 2.33. The molecule has 4 rings (SSSR count). The van der Waals surface area contributed by atoms with Crippen molar-refractivity contribution >= 4 is 17.0 Å². The Morgan fingerprint density at radius 2 is 2.24 bits per heavy atom. The lowest BCUT2D eigenvalue weighted by atomic mass is 10.1. The quantitative estimate of drug-likeness (QED) is 0.805. The summed E-state index contributed by atoms with van der Waals surface area (Å²) in [5, 5.41) is 10.5. The minimum absolute atomic E-state index is 0.0710. The Morgan fingerprint density at radius 1 is 1.33 bits per heavy atom. The lowest BCUT2D eigenvalue weighted by Crippen LogP contribution is -2.06. The van der Waals surface area contributed by atoms with Crippen LogP contribution in [0.15, 0.2) is 34.2 Å². The smallest absolute Gasteiger partial charge is 0.249 e. The summed E-state index contributed by atoms with van der Waals surface area (Å²) in [5.74, 6) is 1.34. The van der Waals surface area contributed by atoms with Gasteiger partial charge in [0.15, 0.2) is 5.82 Å². The number of nitrogens with zero attached hydrogens (tertiary/aromatic N) is 3. The summed E-state index contributed by atoms with van der Waals surface area (Å²) in [6, 6.07) is 8.34. The molecule has 0 saturated carbocycles. The summed E-state index contributed by atoms with van der Waals surface area (Å²) in [4.78, 5) is 8.93. The molecule has 0 spiro atoms. The predicted octanol–water partition coefficient (Wildman–Crippen LogP) is 3.13. The highest BCUT2D eigenvalue weighted by molar-refractivity contribution is 7.09. The molecule has 0 amide bonds. The highest BCUT2D eigenvalue weighted by atomic mass is 32.1. The Hall–Kier alpha value is -2.21. The topological polar surface area (TPSA) is 63.8 Å². The molecule has 0 bridgehead atoms. The number of nitrogens with one attached hydrogen (secondary N) is 1. The molecule has 1 atom stereocenters. The van der Waals surface area contributed by atoms with Crippen LogP contribution < -0.4 is 5.32 Å². The third kappa shape index (κ3) is 2.42. The third-order valence-electron chi connectivity index (χ3n) is 3.53. The second-order valence-electron chi connectivity index (χ2n) is 5.17. The second-order valence-corrected chi connectivity index (χ2v) is 6.11. The zero-order valence-electron chi connectivity index (χ0n) is 11.5. The van der Waals surface area contributed by atoms with Gasteiger partial charge < -0.3 is 9.84 Å². The molecule has 1 unspecified atom stereocenters. The summed E-state index contributed by atoms with van der Waals surface area (Å²) >= 11 is 1.63. The average molecular weight is 298 g/mol. The lowest BCUT2D eigenvalue weighted by molar-refractivity contribution is 0.360. The molecule has 1 N–H and O–H groups in total. The first-order valence-electron chi connectivity index (χ1n) is 6.86. The number of hydrogen-bond acceptors (Lipinski definition) is 6. The monoisotopic (exact) mass is 298 g/mol. The van der Waals surface area contributed by atoms with Crippen molar-refractivity contribution in [3.63, 3.8) is 0 Å². The normalized spacial score (nSPS) is 16.7. The first-order chi connectivity index (χ1) is 10.3. The van der Waals surface area contributed by atoms with E-state index < -0.39 is 0 Å². The Kier molecular flexibility index (Phi) is 2.96. The molecule has 1 aromatic carbocycles. The van der Waals surface area contributed by atoms with Crippen molar-refractivity contribution in [2.75, 3.05) is 5.32 Å². The Morgan fingerprint density at radius 3 is 3.05 bits per heavy atom. The van der Waals surface area contributed by atoms with Crippen molar-refractivity contribution in [3.8, 4) is 0 Å². The van der Waals surface area contributed by atoms with Gasteiger partial charge in [-0.2, -0.15) is 4.98 Å². The van der Waals surface area contributed by atoms with Gasteiger partial charge in [-0.1, -0.05) is 23.4 Å². The standard InChI is InChI=1S/C15H14N4OS/c1-9-8-21-14(16-9)7-13-18-15(20-19-13)12-6-10-4-2-3-5-11(10)17-12/h2-5,8,12,17H,6-7H2,1H3. The number of thiazole rings is 1. The van der Waals surface area contributed by atoms with Gasteiger partial charge in [0.05, 0.1) is 6.42 Å². The number of anilines is 1. The summed E-state index contributed by atoms with van der Waals surface area (Å²) < 4.78 is 5.41. The first kappa shape index (κ1) is 12.5. The lowest BCUT2D eigenvalue weighted by Gasteiger charge is -2.04. The Labute approximate surface area is 126 Å². The van der Waals surface area contributed by atoms with Crippen LogP contribution in [0.5, 0.6) is 0 Å². The van der Waals surface area contributed by atoms with Gasteiger partial charge in [-0.05, 0) is 18.6 Å². The largest absolute Gasteiger partial charge is 0.373 e. The maximum Gasteiger partial charge on any atom is 0.249 e. The highest BCUT2D eigenvalue weighted by Gasteiger charge is 2.26. The van der Waals surface area contributed by atoms with Crippen molar-refractivity contribution < 1.29 is 4.52 Å². The van der Waals surface area contributed by atoms with E-state index in [2.05, 4.69) is 32.6 Å². The van der Waals surface area contributed by atoms with E-state index in [9.17, 15) is 0 Å². The van der Waals surface area contributed by atoms with Crippen molar-refractivity contribution in [1.29, 1.82) is 0 Å². The molecular formula is C15H14N4OS. The molecular weight excluding hydrogens is 284 g/mol. The molecule has 3 aromatic rings. The molecule has 0 saturated heterocycles. The molecule has 1 aliphatic heterocycles. The minimum Gasteiger partial charge on any atom is -0.373 e. The van der Waals surface area contributed by atoms with Gasteiger partial charge in [-0.3, -0.25) is 0 Å². The number of rotatable bonds is 3. The SMILES string of the molecule is Cc1csc(Cc2noc(C3Cc4ccccc4N3)n2)n1. The van der Waals surface area contributed by atoms with E-state index in [0.717, 1.165) is 22.8 Å². The van der Waals surface area contributed by atoms with Gasteiger partial charge in [0.2, 0.25) is 5.89 Å². The number of hydrogen-bond donors (Lipinski definition) is 1. The average Bonchev–Trinajstić information content (AvgIpc) is 3.18. The first-order valence-corrected chi connectivity index (χ1v) is 7.74. The maximum absolute atomic E-state index is 5.41. The molecule has 21 heavy (non-hydrogen) atoms. The molecule has 0 aliphatic carbocycles. The van der Waals surface area contributed by atoms with Crippen LogP contribution in [-0.2, 0) is 12.8 Å². The van der Waals surface area contributed by atoms with Gasteiger partial charge in [-0.25, -0.2) is 4.98 Å². The molecule has 2 aromatic heterocycles. The number of aryl methyl sites for hydroxylation is 1. The fraction of sp³-hybridized carbons (Fsp3) is 0.267. The Balaban J connectivity index is 1.51. The van der Waals surface area contributed by atoms with Crippen LogP contribution in [0.3, 0.4) is 0 Å². The van der Waals surface area contributed by atoms with Crippen LogP contribution in [-0.4, -0.2) is 15.1 Å². The van der Waals surface area contributed by atoms with E-state index in [-0.39, 0.29) is 6.04 Å². The van der Waals surface area contributed by atoms with Crippen LogP contribution >= 0.6 is 11.3 Å². The number of para-hydroxylation sites is 1. The van der Waals surface area contributed by atoms with Crippen molar-refractivity contribution in [2.45, 2.75) is 25.8 Å². The van der Waals surface area contributed by atoms with Gasteiger partial charge >= 0.3 is 0 Å². The summed E-state index contributed by atoms with van der Waals surface area (Å²) in [5.41, 5.74) is 3.47. The number of aromatic nitrogens is 3. The second kappa shape index (κ2) is 4.96. The fourth-order valence-electron chi connectivity index (χ4n) is 2.55. The zero-order valence-corrected chi connectivity index (χ0v) is 12.4. The maximum atomic E-state index is 5.41. The van der Waals surface area contributed by atoms with Crippen LogP contribution in [0.25, 0.3) is 0 Å². The summed E-state index contributed by atoms with van der Waals surface area (Å²) in [7, 11) is 0. The zero-order chi connectivity index (χ0) is 14.2. The van der Waals surface area contributed by atoms with E-state index in [1.165, 1.54) is 5.56 Å². The molecule has 106 valence electrons. The van der Waals surface area contributed by atoms with Crippen molar-refractivity contribution in [2.24, 2.45) is 0 Å². The fourth-order valence-corrected chi connectivity index (χ4v) is 3.32. The summed E-state index contributed by atoms with van der Waals surface area (Å²) in [6.45, 7) is 1.99. The van der Waals surface area contributed by atoms with Crippen LogP contribution in [0.1, 0.15) is 34.0 Å². The molecule has 6 heteroatoms.